The first-order chi connectivity index (χ1) is 11.6. The van der Waals surface area contributed by atoms with Crippen LogP contribution in [0.5, 0.6) is 0 Å². The van der Waals surface area contributed by atoms with Gasteiger partial charge in [0.2, 0.25) is 0 Å². The van der Waals surface area contributed by atoms with E-state index < -0.39 is 16.3 Å². The second-order valence-electron chi connectivity index (χ2n) is 5.08. The minimum Gasteiger partial charge on any atom is -0.360 e. The van der Waals surface area contributed by atoms with Crippen molar-refractivity contribution in [1.82, 2.24) is 15.4 Å². The van der Waals surface area contributed by atoms with E-state index in [1.165, 1.54) is 28.5 Å². The molecule has 2 unspecified atom stereocenters. The smallest absolute Gasteiger partial charge is 0.269 e. The zero-order valence-corrected chi connectivity index (χ0v) is 14.0. The third-order valence-electron chi connectivity index (χ3n) is 3.57. The third-order valence-corrected chi connectivity index (χ3v) is 4.72. The third kappa shape index (κ3) is 3.32. The highest BCUT2D eigenvalue weighted by atomic mass is 35.5. The number of nitrogens with one attached hydrogen (secondary N) is 2. The van der Waals surface area contributed by atoms with E-state index in [4.69, 9.17) is 11.6 Å². The normalized spacial score (nSPS) is 19.9. The maximum atomic E-state index is 12.0. The second-order valence-corrected chi connectivity index (χ2v) is 6.44. The van der Waals surface area contributed by atoms with Crippen molar-refractivity contribution >= 4 is 39.7 Å². The van der Waals surface area contributed by atoms with Crippen LogP contribution >= 0.6 is 22.9 Å². The van der Waals surface area contributed by atoms with Crippen LogP contribution in [0.2, 0.25) is 0 Å². The summed E-state index contributed by atoms with van der Waals surface area (Å²) in [6.45, 7) is 1.06. The number of alkyl halides is 1. The van der Waals surface area contributed by atoms with Crippen LogP contribution in [0.15, 0.2) is 35.8 Å². The number of nitrogens with zero attached hydrogens (tertiary/aromatic N) is 3. The number of nitro benzene ring substituents is 1. The standard InChI is InChI=1S/C14H14ClN5O3S/c15-11-12(9-2-1-3-10(8-9)20(22)23)19(13(11)21)18-5-4-16-14-17-6-7-24-14/h1-3,6-8,11-12,18H,4-5H2,(H,16,17). The molecule has 2 heterocycles. The van der Waals surface area contributed by atoms with E-state index in [0.29, 0.717) is 18.7 Å². The zero-order valence-electron chi connectivity index (χ0n) is 12.4. The summed E-state index contributed by atoms with van der Waals surface area (Å²) < 4.78 is 0. The largest absolute Gasteiger partial charge is 0.360 e. The minimum atomic E-state index is -0.730. The Morgan fingerprint density at radius 1 is 1.42 bits per heavy atom. The van der Waals surface area contributed by atoms with Gasteiger partial charge in [-0.3, -0.25) is 19.9 Å². The number of rotatable bonds is 7. The Bertz CT molecular complexity index is 742. The van der Waals surface area contributed by atoms with Gasteiger partial charge in [-0.1, -0.05) is 12.1 Å². The van der Waals surface area contributed by atoms with Gasteiger partial charge < -0.3 is 5.32 Å². The maximum Gasteiger partial charge on any atom is 0.269 e. The molecular formula is C14H14ClN5O3S. The van der Waals surface area contributed by atoms with E-state index in [1.807, 2.05) is 5.38 Å². The van der Waals surface area contributed by atoms with Crippen molar-refractivity contribution in [3.63, 3.8) is 0 Å². The fourth-order valence-electron chi connectivity index (χ4n) is 2.43. The summed E-state index contributed by atoms with van der Waals surface area (Å²) in [4.78, 5) is 26.5. The Hall–Kier alpha value is -2.23. The summed E-state index contributed by atoms with van der Waals surface area (Å²) in [6, 6.07) is 5.72. The van der Waals surface area contributed by atoms with Crippen molar-refractivity contribution in [1.29, 1.82) is 0 Å². The van der Waals surface area contributed by atoms with Crippen molar-refractivity contribution < 1.29 is 9.72 Å². The molecule has 8 nitrogen and oxygen atoms in total. The molecule has 24 heavy (non-hydrogen) atoms. The average molecular weight is 368 g/mol. The molecule has 0 aliphatic carbocycles. The maximum absolute atomic E-state index is 12.0. The molecule has 0 spiro atoms. The number of β-lactam (4-membered cyclic amide) rings is 1. The Morgan fingerprint density at radius 3 is 2.96 bits per heavy atom. The van der Waals surface area contributed by atoms with Gasteiger partial charge in [0, 0.05) is 36.8 Å². The first-order valence-corrected chi connectivity index (χ1v) is 8.48. The number of carbonyl (C=O) groups is 1. The van der Waals surface area contributed by atoms with Crippen LogP contribution in [0.3, 0.4) is 0 Å². The van der Waals surface area contributed by atoms with Crippen molar-refractivity contribution in [2.45, 2.75) is 11.4 Å². The lowest BCUT2D eigenvalue weighted by molar-refractivity contribution is -0.385. The number of hydrogen-bond donors (Lipinski definition) is 2. The summed E-state index contributed by atoms with van der Waals surface area (Å²) in [5.74, 6) is -0.248. The lowest BCUT2D eigenvalue weighted by Gasteiger charge is -2.44. The molecule has 2 aromatic rings. The van der Waals surface area contributed by atoms with Crippen LogP contribution in [0.4, 0.5) is 10.8 Å². The monoisotopic (exact) mass is 367 g/mol. The number of amides is 1. The average Bonchev–Trinajstić information content (AvgIpc) is 3.10. The fraction of sp³-hybridized carbons (Fsp3) is 0.286. The van der Waals surface area contributed by atoms with Crippen LogP contribution in [-0.2, 0) is 4.79 Å². The number of halogens is 1. The number of carbonyl (C=O) groups excluding carboxylic acids is 1. The van der Waals surface area contributed by atoms with Crippen molar-refractivity contribution in [3.05, 3.63) is 51.5 Å². The van der Waals surface area contributed by atoms with E-state index in [-0.39, 0.29) is 11.6 Å². The molecular weight excluding hydrogens is 354 g/mol. The minimum absolute atomic E-state index is 0.0268. The van der Waals surface area contributed by atoms with E-state index in [0.717, 1.165) is 5.13 Å². The van der Waals surface area contributed by atoms with Gasteiger partial charge in [0.15, 0.2) is 5.13 Å². The van der Waals surface area contributed by atoms with Crippen LogP contribution < -0.4 is 10.7 Å². The van der Waals surface area contributed by atoms with Gasteiger partial charge in [-0.25, -0.2) is 10.4 Å². The molecule has 3 rings (SSSR count). The van der Waals surface area contributed by atoms with Crippen LogP contribution in [0.25, 0.3) is 0 Å². The van der Waals surface area contributed by atoms with Gasteiger partial charge in [-0.15, -0.1) is 22.9 Å². The van der Waals surface area contributed by atoms with Crippen LogP contribution in [0, 0.1) is 10.1 Å². The van der Waals surface area contributed by atoms with Gasteiger partial charge in [0.1, 0.15) is 5.38 Å². The number of non-ortho nitro benzene ring substituents is 1. The second kappa shape index (κ2) is 7.12. The number of nitro groups is 1. The fourth-order valence-corrected chi connectivity index (χ4v) is 3.35. The Labute approximate surface area is 146 Å². The first-order valence-electron chi connectivity index (χ1n) is 7.16. The molecule has 10 heteroatoms. The van der Waals surface area contributed by atoms with Gasteiger partial charge in [-0.05, 0) is 5.56 Å². The van der Waals surface area contributed by atoms with E-state index in [2.05, 4.69) is 15.7 Å². The summed E-state index contributed by atoms with van der Waals surface area (Å²) in [6.07, 6.45) is 1.70. The van der Waals surface area contributed by atoms with Crippen molar-refractivity contribution in [2.75, 3.05) is 18.4 Å². The number of hydrazine groups is 1. The SMILES string of the molecule is O=C1C(Cl)C(c2cccc([N+](=O)[O-])c2)N1NCCNc1nccs1. The van der Waals surface area contributed by atoms with Gasteiger partial charge in [-0.2, -0.15) is 0 Å². The number of anilines is 1. The van der Waals surface area contributed by atoms with E-state index in [9.17, 15) is 14.9 Å². The number of benzene rings is 1. The molecule has 1 aliphatic rings. The molecule has 1 saturated heterocycles. The van der Waals surface area contributed by atoms with Crippen molar-refractivity contribution in [3.8, 4) is 0 Å². The first kappa shape index (κ1) is 16.6. The Balaban J connectivity index is 1.61. The topological polar surface area (TPSA) is 100 Å². The van der Waals surface area contributed by atoms with Gasteiger partial charge >= 0.3 is 0 Å². The molecule has 0 bridgehead atoms. The molecule has 1 aliphatic heterocycles. The van der Waals surface area contributed by atoms with Crippen LogP contribution in [-0.4, -0.2) is 39.3 Å². The quantitative estimate of drug-likeness (QED) is 0.256. The van der Waals surface area contributed by atoms with E-state index in [1.54, 1.807) is 18.3 Å². The highest BCUT2D eigenvalue weighted by Gasteiger charge is 2.47. The predicted octanol–water partition coefficient (Wildman–Crippen LogP) is 2.16. The number of hydrogen-bond acceptors (Lipinski definition) is 7. The summed E-state index contributed by atoms with van der Waals surface area (Å²) in [5.41, 5.74) is 3.60. The van der Waals surface area contributed by atoms with Gasteiger partial charge in [0.05, 0.1) is 11.0 Å². The molecule has 1 amide bonds. The summed E-state index contributed by atoms with van der Waals surface area (Å²) in [5, 5.41) is 17.4. The highest BCUT2D eigenvalue weighted by molar-refractivity contribution is 7.13. The molecule has 1 aromatic carbocycles. The lowest BCUT2D eigenvalue weighted by atomic mass is 9.95. The molecule has 0 saturated carbocycles. The molecule has 1 aromatic heterocycles. The van der Waals surface area contributed by atoms with Crippen molar-refractivity contribution in [2.24, 2.45) is 0 Å². The molecule has 1 fully saturated rings. The Morgan fingerprint density at radius 2 is 2.25 bits per heavy atom. The van der Waals surface area contributed by atoms with Gasteiger partial charge in [0.25, 0.3) is 11.6 Å². The highest BCUT2D eigenvalue weighted by Crippen LogP contribution is 2.37. The molecule has 2 atom stereocenters. The van der Waals surface area contributed by atoms with E-state index >= 15 is 0 Å². The number of thiazole rings is 1. The molecule has 126 valence electrons. The predicted molar refractivity (Wildman–Crippen MR) is 90.9 cm³/mol. The zero-order chi connectivity index (χ0) is 17.1. The summed E-state index contributed by atoms with van der Waals surface area (Å²) in [7, 11) is 0. The summed E-state index contributed by atoms with van der Waals surface area (Å²) >= 11 is 7.58. The molecule has 0 radical (unpaired) electrons. The lowest BCUT2D eigenvalue weighted by Crippen LogP contribution is -2.62. The molecule has 2 N–H and O–H groups in total. The van der Waals surface area contributed by atoms with Crippen LogP contribution in [0.1, 0.15) is 11.6 Å². The Kier molecular flexibility index (Phi) is 4.93. The number of aromatic nitrogens is 1.